The molecule has 0 unspecified atom stereocenters. The fourth-order valence-electron chi connectivity index (χ4n) is 1.45. The SMILES string of the molecule is Cn1ncc(C(=O)Nc2cc(F)cc(F)c2)c1N. The van der Waals surface area contributed by atoms with Crippen molar-refractivity contribution >= 4 is 17.4 Å². The van der Waals surface area contributed by atoms with Crippen molar-refractivity contribution in [2.45, 2.75) is 0 Å². The average Bonchev–Trinajstić information content (AvgIpc) is 2.58. The largest absolute Gasteiger partial charge is 0.383 e. The third-order valence-corrected chi connectivity index (χ3v) is 2.35. The van der Waals surface area contributed by atoms with E-state index in [1.54, 1.807) is 7.05 Å². The predicted molar refractivity (Wildman–Crippen MR) is 61.9 cm³/mol. The number of nitrogens with one attached hydrogen (secondary N) is 1. The Kier molecular flexibility index (Phi) is 2.97. The summed E-state index contributed by atoms with van der Waals surface area (Å²) in [5.74, 6) is -1.95. The molecule has 94 valence electrons. The highest BCUT2D eigenvalue weighted by Crippen LogP contribution is 2.16. The molecule has 1 aromatic carbocycles. The Morgan fingerprint density at radius 2 is 1.94 bits per heavy atom. The van der Waals surface area contributed by atoms with Crippen molar-refractivity contribution in [1.29, 1.82) is 0 Å². The van der Waals surface area contributed by atoms with Gasteiger partial charge in [0.05, 0.1) is 6.20 Å². The second kappa shape index (κ2) is 4.44. The van der Waals surface area contributed by atoms with Gasteiger partial charge in [0.1, 0.15) is 23.0 Å². The number of carbonyl (C=O) groups excluding carboxylic acids is 1. The summed E-state index contributed by atoms with van der Waals surface area (Å²) < 4.78 is 27.2. The molecule has 0 radical (unpaired) electrons. The normalized spacial score (nSPS) is 10.4. The second-order valence-corrected chi connectivity index (χ2v) is 3.68. The minimum absolute atomic E-state index is 0.0146. The van der Waals surface area contributed by atoms with Gasteiger partial charge in [-0.25, -0.2) is 8.78 Å². The van der Waals surface area contributed by atoms with Crippen molar-refractivity contribution in [2.75, 3.05) is 11.1 Å². The first kappa shape index (κ1) is 12.0. The van der Waals surface area contributed by atoms with Gasteiger partial charge in [0.2, 0.25) is 0 Å². The third-order valence-electron chi connectivity index (χ3n) is 2.35. The van der Waals surface area contributed by atoms with Gasteiger partial charge in [0.15, 0.2) is 0 Å². The maximum atomic E-state index is 12.9. The van der Waals surface area contributed by atoms with Gasteiger partial charge in [-0.05, 0) is 12.1 Å². The van der Waals surface area contributed by atoms with E-state index in [4.69, 9.17) is 5.73 Å². The minimum atomic E-state index is -0.774. The van der Waals surface area contributed by atoms with Gasteiger partial charge < -0.3 is 11.1 Å². The molecule has 0 fully saturated rings. The standard InChI is InChI=1S/C11H10F2N4O/c1-17-10(14)9(5-15-17)11(18)16-8-3-6(12)2-7(13)4-8/h2-5H,14H2,1H3,(H,16,18). The Labute approximate surface area is 101 Å². The molecule has 2 aromatic rings. The lowest BCUT2D eigenvalue weighted by Crippen LogP contribution is -2.14. The van der Waals surface area contributed by atoms with Crippen LogP contribution in [0.4, 0.5) is 20.3 Å². The van der Waals surface area contributed by atoms with E-state index in [1.807, 2.05) is 0 Å². The molecule has 0 aliphatic heterocycles. The van der Waals surface area contributed by atoms with Crippen LogP contribution in [0.1, 0.15) is 10.4 Å². The number of amides is 1. The molecule has 1 aromatic heterocycles. The number of carbonyl (C=O) groups is 1. The van der Waals surface area contributed by atoms with Crippen molar-refractivity contribution in [2.24, 2.45) is 7.05 Å². The Morgan fingerprint density at radius 1 is 1.33 bits per heavy atom. The van der Waals surface area contributed by atoms with Crippen molar-refractivity contribution in [3.63, 3.8) is 0 Å². The lowest BCUT2D eigenvalue weighted by Gasteiger charge is -2.05. The summed E-state index contributed by atoms with van der Waals surface area (Å²) in [4.78, 5) is 11.8. The van der Waals surface area contributed by atoms with E-state index in [9.17, 15) is 13.6 Å². The van der Waals surface area contributed by atoms with Crippen LogP contribution >= 0.6 is 0 Å². The zero-order valence-electron chi connectivity index (χ0n) is 9.45. The van der Waals surface area contributed by atoms with Crippen LogP contribution in [-0.2, 0) is 7.05 Å². The highest BCUT2D eigenvalue weighted by molar-refractivity contribution is 6.07. The summed E-state index contributed by atoms with van der Waals surface area (Å²) in [5, 5.41) is 6.14. The summed E-state index contributed by atoms with van der Waals surface area (Å²) >= 11 is 0. The topological polar surface area (TPSA) is 72.9 Å². The van der Waals surface area contributed by atoms with Crippen molar-refractivity contribution in [3.8, 4) is 0 Å². The number of halogens is 2. The molecular weight excluding hydrogens is 242 g/mol. The molecule has 0 aliphatic rings. The van der Waals surface area contributed by atoms with Gasteiger partial charge in [-0.2, -0.15) is 5.10 Å². The smallest absolute Gasteiger partial charge is 0.261 e. The summed E-state index contributed by atoms with van der Waals surface area (Å²) in [6, 6.07) is 2.73. The molecule has 18 heavy (non-hydrogen) atoms. The van der Waals surface area contributed by atoms with E-state index in [0.29, 0.717) is 6.07 Å². The van der Waals surface area contributed by atoms with E-state index in [0.717, 1.165) is 12.1 Å². The van der Waals surface area contributed by atoms with Gasteiger partial charge in [0, 0.05) is 18.8 Å². The van der Waals surface area contributed by atoms with Crippen molar-refractivity contribution in [1.82, 2.24) is 9.78 Å². The molecule has 1 amide bonds. The summed E-state index contributed by atoms with van der Waals surface area (Å²) in [6.45, 7) is 0. The number of aromatic nitrogens is 2. The van der Waals surface area contributed by atoms with E-state index >= 15 is 0 Å². The van der Waals surface area contributed by atoms with Gasteiger partial charge in [-0.1, -0.05) is 0 Å². The molecule has 0 spiro atoms. The fraction of sp³-hybridized carbons (Fsp3) is 0.0909. The summed E-state index contributed by atoms with van der Waals surface area (Å²) in [6.07, 6.45) is 1.28. The first-order valence-corrected chi connectivity index (χ1v) is 5.02. The Hall–Kier alpha value is -2.44. The molecule has 0 atom stereocenters. The molecule has 7 heteroatoms. The zero-order valence-corrected chi connectivity index (χ0v) is 9.45. The molecule has 2 rings (SSSR count). The zero-order chi connectivity index (χ0) is 13.3. The predicted octanol–water partition coefficient (Wildman–Crippen LogP) is 1.53. The van der Waals surface area contributed by atoms with Gasteiger partial charge in [0.25, 0.3) is 5.91 Å². The van der Waals surface area contributed by atoms with Crippen LogP contribution < -0.4 is 11.1 Å². The number of nitrogen functional groups attached to an aromatic ring is 1. The van der Waals surface area contributed by atoms with Crippen LogP contribution in [0.2, 0.25) is 0 Å². The number of rotatable bonds is 2. The van der Waals surface area contributed by atoms with E-state index in [-0.39, 0.29) is 17.1 Å². The molecule has 0 saturated carbocycles. The van der Waals surface area contributed by atoms with Crippen LogP contribution in [0.3, 0.4) is 0 Å². The number of nitrogens with zero attached hydrogens (tertiary/aromatic N) is 2. The number of aryl methyl sites for hydroxylation is 1. The van der Waals surface area contributed by atoms with Crippen LogP contribution in [0, 0.1) is 11.6 Å². The molecule has 0 bridgehead atoms. The minimum Gasteiger partial charge on any atom is -0.383 e. The number of benzene rings is 1. The first-order valence-electron chi connectivity index (χ1n) is 5.02. The summed E-state index contributed by atoms with van der Waals surface area (Å²) in [7, 11) is 1.58. The first-order chi connectivity index (χ1) is 8.47. The summed E-state index contributed by atoms with van der Waals surface area (Å²) in [5.41, 5.74) is 5.76. The van der Waals surface area contributed by atoms with Gasteiger partial charge in [-0.15, -0.1) is 0 Å². The molecule has 0 aliphatic carbocycles. The Balaban J connectivity index is 2.24. The fourth-order valence-corrected chi connectivity index (χ4v) is 1.45. The van der Waals surface area contributed by atoms with E-state index in [2.05, 4.69) is 10.4 Å². The molecule has 0 saturated heterocycles. The maximum Gasteiger partial charge on any atom is 0.261 e. The lowest BCUT2D eigenvalue weighted by atomic mass is 10.2. The molecule has 3 N–H and O–H groups in total. The highest BCUT2D eigenvalue weighted by Gasteiger charge is 2.14. The molecule has 5 nitrogen and oxygen atoms in total. The van der Waals surface area contributed by atoms with Crippen molar-refractivity contribution < 1.29 is 13.6 Å². The van der Waals surface area contributed by atoms with Crippen LogP contribution in [0.25, 0.3) is 0 Å². The van der Waals surface area contributed by atoms with Crippen LogP contribution in [-0.4, -0.2) is 15.7 Å². The number of hydrogen-bond acceptors (Lipinski definition) is 3. The monoisotopic (exact) mass is 252 g/mol. The van der Waals surface area contributed by atoms with Gasteiger partial charge >= 0.3 is 0 Å². The molecular formula is C11H10F2N4O. The second-order valence-electron chi connectivity index (χ2n) is 3.68. The van der Waals surface area contributed by atoms with E-state index in [1.165, 1.54) is 10.9 Å². The number of nitrogens with two attached hydrogens (primary N) is 1. The highest BCUT2D eigenvalue weighted by atomic mass is 19.1. The third kappa shape index (κ3) is 2.29. The number of anilines is 2. The maximum absolute atomic E-state index is 12.9. The van der Waals surface area contributed by atoms with Crippen LogP contribution in [0.5, 0.6) is 0 Å². The van der Waals surface area contributed by atoms with E-state index < -0.39 is 17.5 Å². The molecule has 1 heterocycles. The van der Waals surface area contributed by atoms with Gasteiger partial charge in [-0.3, -0.25) is 9.48 Å². The van der Waals surface area contributed by atoms with Crippen molar-refractivity contribution in [3.05, 3.63) is 41.6 Å². The Bertz CT molecular complexity index is 589. The lowest BCUT2D eigenvalue weighted by molar-refractivity contribution is 0.102. The quantitative estimate of drug-likeness (QED) is 0.851. The van der Waals surface area contributed by atoms with Crippen LogP contribution in [0.15, 0.2) is 24.4 Å². The Morgan fingerprint density at radius 3 is 2.44 bits per heavy atom. The number of hydrogen-bond donors (Lipinski definition) is 2. The average molecular weight is 252 g/mol.